The van der Waals surface area contributed by atoms with Gasteiger partial charge in [0.2, 0.25) is 0 Å². The normalized spacial score (nSPS) is 24.9. The van der Waals surface area contributed by atoms with Gasteiger partial charge in [-0.2, -0.15) is 11.8 Å². The van der Waals surface area contributed by atoms with E-state index in [1.807, 2.05) is 11.3 Å². The zero-order valence-electron chi connectivity index (χ0n) is 11.4. The Hall–Kier alpha value is -0.0300. The predicted octanol–water partition coefficient (Wildman–Crippen LogP) is 3.18. The molecule has 1 unspecified atom stereocenters. The average molecular weight is 284 g/mol. The van der Waals surface area contributed by atoms with E-state index in [-0.39, 0.29) is 5.54 Å². The Labute approximate surface area is 119 Å². The zero-order valence-corrected chi connectivity index (χ0v) is 13.0. The largest absolute Gasteiger partial charge is 0.329 e. The second-order valence-corrected chi connectivity index (χ2v) is 7.52. The van der Waals surface area contributed by atoms with Gasteiger partial charge in [-0.25, -0.2) is 0 Å². The minimum atomic E-state index is 0.209. The van der Waals surface area contributed by atoms with Gasteiger partial charge in [0.1, 0.15) is 0 Å². The molecule has 2 heterocycles. The maximum atomic E-state index is 6.15. The molecule has 1 aromatic heterocycles. The summed E-state index contributed by atoms with van der Waals surface area (Å²) in [6.45, 7) is 6.42. The molecule has 0 aliphatic carbocycles. The molecule has 0 aromatic carbocycles. The van der Waals surface area contributed by atoms with Crippen LogP contribution in [0.25, 0.3) is 0 Å². The summed E-state index contributed by atoms with van der Waals surface area (Å²) in [6, 6.07) is 4.93. The number of nitrogens with two attached hydrogens (primary N) is 1. The van der Waals surface area contributed by atoms with Gasteiger partial charge in [-0.05, 0) is 43.9 Å². The molecule has 1 aliphatic rings. The molecule has 18 heavy (non-hydrogen) atoms. The average Bonchev–Trinajstić information content (AvgIpc) is 2.89. The van der Waals surface area contributed by atoms with Crippen molar-refractivity contribution in [3.63, 3.8) is 0 Å². The van der Waals surface area contributed by atoms with Crippen molar-refractivity contribution in [2.45, 2.75) is 44.8 Å². The van der Waals surface area contributed by atoms with E-state index in [4.69, 9.17) is 5.73 Å². The Morgan fingerprint density at radius 2 is 2.33 bits per heavy atom. The van der Waals surface area contributed by atoms with E-state index in [0.29, 0.717) is 6.04 Å². The topological polar surface area (TPSA) is 29.3 Å². The van der Waals surface area contributed by atoms with Crippen LogP contribution in [0.2, 0.25) is 0 Å². The Bertz CT molecular complexity index is 343. The SMILES string of the molecule is CC(C)N(Cc1cccs1)C1(CN)CCCSC1. The summed E-state index contributed by atoms with van der Waals surface area (Å²) in [5.41, 5.74) is 6.36. The second-order valence-electron chi connectivity index (χ2n) is 5.39. The molecule has 2 nitrogen and oxygen atoms in total. The molecule has 2 rings (SSSR count). The first-order valence-electron chi connectivity index (χ1n) is 6.75. The van der Waals surface area contributed by atoms with Gasteiger partial charge in [0, 0.05) is 35.3 Å². The lowest BCUT2D eigenvalue weighted by molar-refractivity contribution is 0.0622. The smallest absolute Gasteiger partial charge is 0.0428 e. The highest BCUT2D eigenvalue weighted by Gasteiger charge is 2.38. The molecule has 1 saturated heterocycles. The number of rotatable bonds is 5. The molecule has 1 atom stereocenters. The van der Waals surface area contributed by atoms with Gasteiger partial charge >= 0.3 is 0 Å². The van der Waals surface area contributed by atoms with E-state index in [1.165, 1.54) is 29.2 Å². The third-order valence-corrected chi connectivity index (χ3v) is 6.00. The Morgan fingerprint density at radius 1 is 1.50 bits per heavy atom. The summed E-state index contributed by atoms with van der Waals surface area (Å²) >= 11 is 3.92. The summed E-state index contributed by atoms with van der Waals surface area (Å²) in [4.78, 5) is 4.08. The maximum absolute atomic E-state index is 6.15. The quantitative estimate of drug-likeness (QED) is 0.900. The van der Waals surface area contributed by atoms with Crippen molar-refractivity contribution in [1.82, 2.24) is 4.90 Å². The molecule has 1 fully saturated rings. The first kappa shape index (κ1) is 14.4. The predicted molar refractivity (Wildman–Crippen MR) is 83.3 cm³/mol. The van der Waals surface area contributed by atoms with Crippen molar-refractivity contribution in [3.05, 3.63) is 22.4 Å². The van der Waals surface area contributed by atoms with Crippen molar-refractivity contribution in [2.24, 2.45) is 5.73 Å². The van der Waals surface area contributed by atoms with Gasteiger partial charge in [-0.1, -0.05) is 6.07 Å². The van der Waals surface area contributed by atoms with Crippen molar-refractivity contribution in [2.75, 3.05) is 18.1 Å². The number of thiophene rings is 1. The number of hydrogen-bond donors (Lipinski definition) is 1. The molecule has 0 saturated carbocycles. The summed E-state index contributed by atoms with van der Waals surface area (Å²) in [6.07, 6.45) is 2.55. The van der Waals surface area contributed by atoms with E-state index in [1.54, 1.807) is 0 Å². The van der Waals surface area contributed by atoms with Crippen molar-refractivity contribution >= 4 is 23.1 Å². The lowest BCUT2D eigenvalue weighted by atomic mass is 9.91. The molecule has 4 heteroatoms. The fourth-order valence-electron chi connectivity index (χ4n) is 2.81. The van der Waals surface area contributed by atoms with Gasteiger partial charge in [0.05, 0.1) is 0 Å². The monoisotopic (exact) mass is 284 g/mol. The highest BCUT2D eigenvalue weighted by molar-refractivity contribution is 7.99. The minimum absolute atomic E-state index is 0.209. The second kappa shape index (κ2) is 6.42. The van der Waals surface area contributed by atoms with E-state index >= 15 is 0 Å². The number of hydrogen-bond acceptors (Lipinski definition) is 4. The van der Waals surface area contributed by atoms with Crippen LogP contribution in [0.3, 0.4) is 0 Å². The van der Waals surface area contributed by atoms with Crippen LogP contribution < -0.4 is 5.73 Å². The molecular formula is C14H24N2S2. The third-order valence-electron chi connectivity index (χ3n) is 3.82. The molecule has 0 amide bonds. The van der Waals surface area contributed by atoms with Crippen molar-refractivity contribution in [3.8, 4) is 0 Å². The standard InChI is InChI=1S/C14H24N2S2/c1-12(2)16(9-13-5-3-8-18-13)14(10-15)6-4-7-17-11-14/h3,5,8,12H,4,6-7,9-11,15H2,1-2H3. The Kier molecular flexibility index (Phi) is 5.13. The van der Waals surface area contributed by atoms with Gasteiger partial charge < -0.3 is 5.73 Å². The zero-order chi connectivity index (χ0) is 13.0. The van der Waals surface area contributed by atoms with Gasteiger partial charge in [-0.15, -0.1) is 11.3 Å². The van der Waals surface area contributed by atoms with E-state index < -0.39 is 0 Å². The molecule has 0 radical (unpaired) electrons. The molecule has 1 aromatic rings. The number of thioether (sulfide) groups is 1. The fourth-order valence-corrected chi connectivity index (χ4v) is 4.81. The van der Waals surface area contributed by atoms with Crippen LogP contribution in [0.5, 0.6) is 0 Å². The molecular weight excluding hydrogens is 260 g/mol. The van der Waals surface area contributed by atoms with E-state index in [2.05, 4.69) is 48.0 Å². The fraction of sp³-hybridized carbons (Fsp3) is 0.714. The van der Waals surface area contributed by atoms with Gasteiger partial charge in [0.25, 0.3) is 0 Å². The maximum Gasteiger partial charge on any atom is 0.0428 e. The summed E-state index contributed by atoms with van der Waals surface area (Å²) in [5.74, 6) is 2.49. The molecule has 1 aliphatic heterocycles. The molecule has 2 N–H and O–H groups in total. The lowest BCUT2D eigenvalue weighted by Gasteiger charge is -2.47. The van der Waals surface area contributed by atoms with Crippen LogP contribution in [0.15, 0.2) is 17.5 Å². The van der Waals surface area contributed by atoms with Crippen LogP contribution >= 0.6 is 23.1 Å². The van der Waals surface area contributed by atoms with E-state index in [0.717, 1.165) is 13.1 Å². The molecule has 0 spiro atoms. The first-order chi connectivity index (χ1) is 8.68. The van der Waals surface area contributed by atoms with Crippen LogP contribution in [0, 0.1) is 0 Å². The number of nitrogens with zero attached hydrogens (tertiary/aromatic N) is 1. The molecule has 0 bridgehead atoms. The van der Waals surface area contributed by atoms with Gasteiger partial charge in [0.15, 0.2) is 0 Å². The summed E-state index contributed by atoms with van der Waals surface area (Å²) < 4.78 is 0. The summed E-state index contributed by atoms with van der Waals surface area (Å²) in [7, 11) is 0. The Balaban J connectivity index is 2.16. The van der Waals surface area contributed by atoms with E-state index in [9.17, 15) is 0 Å². The lowest BCUT2D eigenvalue weighted by Crippen LogP contribution is -2.59. The highest BCUT2D eigenvalue weighted by Crippen LogP contribution is 2.34. The minimum Gasteiger partial charge on any atom is -0.329 e. The van der Waals surface area contributed by atoms with Crippen molar-refractivity contribution in [1.29, 1.82) is 0 Å². The van der Waals surface area contributed by atoms with Crippen molar-refractivity contribution < 1.29 is 0 Å². The van der Waals surface area contributed by atoms with Crippen LogP contribution in [-0.2, 0) is 6.54 Å². The first-order valence-corrected chi connectivity index (χ1v) is 8.78. The van der Waals surface area contributed by atoms with Crippen LogP contribution in [-0.4, -0.2) is 34.5 Å². The van der Waals surface area contributed by atoms with Crippen LogP contribution in [0.4, 0.5) is 0 Å². The highest BCUT2D eigenvalue weighted by atomic mass is 32.2. The third kappa shape index (κ3) is 3.10. The van der Waals surface area contributed by atoms with Crippen LogP contribution in [0.1, 0.15) is 31.6 Å². The summed E-state index contributed by atoms with van der Waals surface area (Å²) in [5, 5.41) is 2.17. The van der Waals surface area contributed by atoms with Gasteiger partial charge in [-0.3, -0.25) is 4.90 Å². The molecule has 102 valence electrons. The Morgan fingerprint density at radius 3 is 2.83 bits per heavy atom.